The van der Waals surface area contributed by atoms with Gasteiger partial charge in [0.15, 0.2) is 0 Å². The molecule has 0 radical (unpaired) electrons. The number of thiocyanates is 1. The monoisotopic (exact) mass is 381 g/mol. The van der Waals surface area contributed by atoms with Gasteiger partial charge in [-0.05, 0) is 17.7 Å². The minimum Gasteiger partial charge on any atom is -0.258 e. The van der Waals surface area contributed by atoms with Crippen LogP contribution in [-0.2, 0) is 0 Å². The van der Waals surface area contributed by atoms with Crippen LogP contribution in [0, 0.1) is 20.8 Å². The number of hydrazone groups is 1. The molecule has 3 rings (SSSR count). The minimum atomic E-state index is -0.450. The van der Waals surface area contributed by atoms with Gasteiger partial charge in [-0.15, -0.1) is 0 Å². The molecule has 0 spiro atoms. The lowest BCUT2D eigenvalue weighted by molar-refractivity contribution is -0.384. The first-order chi connectivity index (χ1) is 12.7. The third kappa shape index (κ3) is 4.24. The van der Waals surface area contributed by atoms with E-state index in [2.05, 4.69) is 20.9 Å². The average molecular weight is 381 g/mol. The summed E-state index contributed by atoms with van der Waals surface area (Å²) in [7, 11) is 0. The Labute approximate surface area is 157 Å². The lowest BCUT2D eigenvalue weighted by atomic mass is 10.2. The van der Waals surface area contributed by atoms with E-state index in [1.165, 1.54) is 23.5 Å². The van der Waals surface area contributed by atoms with Gasteiger partial charge in [-0.25, -0.2) is 4.98 Å². The summed E-state index contributed by atoms with van der Waals surface area (Å²) in [6, 6.07) is 15.7. The molecule has 0 aliphatic carbocycles. The van der Waals surface area contributed by atoms with Crippen LogP contribution in [0.1, 0.15) is 5.56 Å². The molecule has 0 aliphatic heterocycles. The molecule has 0 aliphatic rings. The summed E-state index contributed by atoms with van der Waals surface area (Å²) in [6.07, 6.45) is 1.55. The number of anilines is 1. The molecule has 0 fully saturated rings. The van der Waals surface area contributed by atoms with Crippen LogP contribution < -0.4 is 5.43 Å². The van der Waals surface area contributed by atoms with E-state index in [-0.39, 0.29) is 5.69 Å². The first-order valence-electron chi connectivity index (χ1n) is 7.33. The van der Waals surface area contributed by atoms with Crippen LogP contribution in [0.5, 0.6) is 0 Å². The Bertz CT molecular complexity index is 979. The van der Waals surface area contributed by atoms with Gasteiger partial charge in [0.05, 0.1) is 16.8 Å². The minimum absolute atomic E-state index is 0.0284. The Balaban J connectivity index is 1.76. The smallest absolute Gasteiger partial charge is 0.258 e. The highest BCUT2D eigenvalue weighted by atomic mass is 32.2. The topological polar surface area (TPSA) is 104 Å². The molecule has 3 aromatic rings. The maximum absolute atomic E-state index is 10.6. The van der Waals surface area contributed by atoms with Crippen molar-refractivity contribution in [3.05, 3.63) is 70.3 Å². The highest BCUT2D eigenvalue weighted by Gasteiger charge is 2.13. The number of nitriles is 1. The van der Waals surface area contributed by atoms with E-state index in [1.54, 1.807) is 18.3 Å². The fourth-order valence-corrected chi connectivity index (χ4v) is 3.62. The summed E-state index contributed by atoms with van der Waals surface area (Å²) in [6.45, 7) is 0. The lowest BCUT2D eigenvalue weighted by Crippen LogP contribution is -1.91. The highest BCUT2D eigenvalue weighted by Crippen LogP contribution is 2.37. The van der Waals surface area contributed by atoms with Crippen molar-refractivity contribution in [1.29, 1.82) is 5.26 Å². The molecule has 1 aromatic heterocycles. The quantitative estimate of drug-likeness (QED) is 0.217. The average Bonchev–Trinajstić information content (AvgIpc) is 3.06. The zero-order valence-corrected chi connectivity index (χ0v) is 14.8. The van der Waals surface area contributed by atoms with Crippen LogP contribution in [0.3, 0.4) is 0 Å². The summed E-state index contributed by atoms with van der Waals surface area (Å²) >= 11 is 2.39. The molecule has 0 saturated heterocycles. The van der Waals surface area contributed by atoms with Gasteiger partial charge >= 0.3 is 0 Å². The SMILES string of the molecule is N#CSc1sc(N/N=C\c2ccc([N+](=O)[O-])cc2)nc1-c1ccccc1. The Morgan fingerprint density at radius 1 is 1.23 bits per heavy atom. The molecule has 26 heavy (non-hydrogen) atoms. The Morgan fingerprint density at radius 3 is 2.62 bits per heavy atom. The van der Waals surface area contributed by atoms with Crippen molar-refractivity contribution in [2.45, 2.75) is 4.21 Å². The molecule has 128 valence electrons. The molecule has 0 atom stereocenters. The Hall–Kier alpha value is -3.22. The maximum Gasteiger partial charge on any atom is 0.269 e. The van der Waals surface area contributed by atoms with E-state index in [1.807, 2.05) is 30.3 Å². The third-order valence-corrected chi connectivity index (χ3v) is 4.98. The largest absolute Gasteiger partial charge is 0.269 e. The van der Waals surface area contributed by atoms with Crippen molar-refractivity contribution in [3.8, 4) is 16.7 Å². The van der Waals surface area contributed by atoms with Crippen molar-refractivity contribution in [2.24, 2.45) is 5.10 Å². The van der Waals surface area contributed by atoms with Crippen molar-refractivity contribution in [3.63, 3.8) is 0 Å². The van der Waals surface area contributed by atoms with Gasteiger partial charge < -0.3 is 0 Å². The molecular weight excluding hydrogens is 370 g/mol. The van der Waals surface area contributed by atoms with Crippen LogP contribution in [-0.4, -0.2) is 16.1 Å². The van der Waals surface area contributed by atoms with Crippen LogP contribution in [0.2, 0.25) is 0 Å². The van der Waals surface area contributed by atoms with Gasteiger partial charge in [0, 0.05) is 29.5 Å². The van der Waals surface area contributed by atoms with E-state index < -0.39 is 4.92 Å². The predicted molar refractivity (Wildman–Crippen MR) is 103 cm³/mol. The summed E-state index contributed by atoms with van der Waals surface area (Å²) < 4.78 is 0.784. The molecule has 0 saturated carbocycles. The molecule has 0 unspecified atom stereocenters. The van der Waals surface area contributed by atoms with Crippen LogP contribution in [0.4, 0.5) is 10.8 Å². The number of aromatic nitrogens is 1. The summed E-state index contributed by atoms with van der Waals surface area (Å²) in [5.74, 6) is 0. The van der Waals surface area contributed by atoms with Crippen LogP contribution in [0.15, 0.2) is 63.9 Å². The number of non-ortho nitro benzene ring substituents is 1. The lowest BCUT2D eigenvalue weighted by Gasteiger charge is -1.97. The number of hydrogen-bond donors (Lipinski definition) is 1. The molecule has 0 bridgehead atoms. The van der Waals surface area contributed by atoms with Gasteiger partial charge in [-0.2, -0.15) is 10.4 Å². The van der Waals surface area contributed by atoms with E-state index in [9.17, 15) is 10.1 Å². The number of rotatable bonds is 6. The summed E-state index contributed by atoms with van der Waals surface area (Å²) in [5.41, 5.74) is 5.24. The van der Waals surface area contributed by atoms with E-state index in [0.29, 0.717) is 5.13 Å². The number of thiazole rings is 1. The number of benzene rings is 2. The number of hydrogen-bond acceptors (Lipinski definition) is 8. The second kappa shape index (κ2) is 8.24. The van der Waals surface area contributed by atoms with Crippen LogP contribution >= 0.6 is 23.1 Å². The normalized spacial score (nSPS) is 10.6. The standard InChI is InChI=1S/C17H11N5O2S2/c18-11-25-16-15(13-4-2-1-3-5-13)20-17(26-16)21-19-10-12-6-8-14(9-7-12)22(23)24/h1-10H,(H,20,21)/b19-10-. The van der Waals surface area contributed by atoms with Gasteiger partial charge in [-0.3, -0.25) is 15.5 Å². The van der Waals surface area contributed by atoms with Gasteiger partial charge in [0.2, 0.25) is 5.13 Å². The molecule has 7 nitrogen and oxygen atoms in total. The third-order valence-electron chi connectivity index (χ3n) is 3.26. The fraction of sp³-hybridized carbons (Fsp3) is 0. The van der Waals surface area contributed by atoms with Crippen molar-refractivity contribution < 1.29 is 4.92 Å². The van der Waals surface area contributed by atoms with Gasteiger partial charge in [0.25, 0.3) is 5.69 Å². The Kier molecular flexibility index (Phi) is 5.58. The highest BCUT2D eigenvalue weighted by molar-refractivity contribution is 8.05. The van der Waals surface area contributed by atoms with E-state index in [4.69, 9.17) is 5.26 Å². The fourth-order valence-electron chi connectivity index (χ4n) is 2.09. The number of thioether (sulfide) groups is 1. The number of nitrogens with one attached hydrogen (secondary N) is 1. The molecule has 1 heterocycles. The molecule has 9 heteroatoms. The van der Waals surface area contributed by atoms with Gasteiger partial charge in [-0.1, -0.05) is 41.7 Å². The predicted octanol–water partition coefficient (Wildman–Crippen LogP) is 4.74. The van der Waals surface area contributed by atoms with E-state index in [0.717, 1.165) is 32.8 Å². The molecule has 0 amide bonds. The zero-order valence-electron chi connectivity index (χ0n) is 13.2. The first-order valence-corrected chi connectivity index (χ1v) is 8.96. The second-order valence-corrected chi connectivity index (χ2v) is 6.99. The maximum atomic E-state index is 10.6. The Morgan fingerprint density at radius 2 is 1.96 bits per heavy atom. The second-order valence-electron chi connectivity index (χ2n) is 4.93. The van der Waals surface area contributed by atoms with Crippen molar-refractivity contribution in [1.82, 2.24) is 4.98 Å². The van der Waals surface area contributed by atoms with Crippen molar-refractivity contribution >= 4 is 40.1 Å². The molecular formula is C17H11N5O2S2. The zero-order chi connectivity index (χ0) is 18.4. The summed E-state index contributed by atoms with van der Waals surface area (Å²) in [5, 5.41) is 26.4. The number of nitro groups is 1. The van der Waals surface area contributed by atoms with Gasteiger partial charge in [0.1, 0.15) is 9.61 Å². The summed E-state index contributed by atoms with van der Waals surface area (Å²) in [4.78, 5) is 14.7. The number of nitro benzene ring substituents is 1. The molecule has 2 aromatic carbocycles. The van der Waals surface area contributed by atoms with Crippen molar-refractivity contribution in [2.75, 3.05) is 5.43 Å². The first kappa shape index (κ1) is 17.6. The van der Waals surface area contributed by atoms with E-state index >= 15 is 0 Å². The van der Waals surface area contributed by atoms with Crippen LogP contribution in [0.25, 0.3) is 11.3 Å². The molecule has 1 N–H and O–H groups in total. The number of nitrogens with zero attached hydrogens (tertiary/aromatic N) is 4.